The van der Waals surface area contributed by atoms with Crippen LogP contribution in [0.2, 0.25) is 0 Å². The first-order valence-corrected chi connectivity index (χ1v) is 6.99. The van der Waals surface area contributed by atoms with Crippen LogP contribution in [0.25, 0.3) is 0 Å². The van der Waals surface area contributed by atoms with Crippen molar-refractivity contribution in [2.75, 3.05) is 17.0 Å². The van der Waals surface area contributed by atoms with E-state index in [0.717, 1.165) is 11.0 Å². The van der Waals surface area contributed by atoms with Crippen LogP contribution in [0, 0.1) is 0 Å². The Morgan fingerprint density at radius 1 is 1.19 bits per heavy atom. The molecule has 0 amide bonds. The summed E-state index contributed by atoms with van der Waals surface area (Å²) >= 11 is 1.52. The highest BCUT2D eigenvalue weighted by Gasteiger charge is 2.33. The Morgan fingerprint density at radius 3 is 2.57 bits per heavy atom. The first-order valence-electron chi connectivity index (χ1n) is 5.76. The molecule has 0 aliphatic heterocycles. The molecule has 1 aromatic heterocycles. The maximum Gasteiger partial charge on any atom is 0.433 e. The van der Waals surface area contributed by atoms with Crippen molar-refractivity contribution in [3.05, 3.63) is 36.0 Å². The molecule has 0 spiro atoms. The van der Waals surface area contributed by atoms with Crippen molar-refractivity contribution in [2.45, 2.75) is 11.1 Å². The first kappa shape index (κ1) is 15.4. The van der Waals surface area contributed by atoms with Crippen molar-refractivity contribution in [1.29, 1.82) is 0 Å². The third-order valence-corrected chi connectivity index (χ3v) is 3.21. The quantitative estimate of drug-likeness (QED) is 0.457. The number of anilines is 3. The molecular formula is C12H12F3N5S. The summed E-state index contributed by atoms with van der Waals surface area (Å²) in [6.07, 6.45) is -2.67. The Hall–Kier alpha value is -2.00. The summed E-state index contributed by atoms with van der Waals surface area (Å²) in [5, 5.41) is 2.81. The predicted molar refractivity (Wildman–Crippen MR) is 76.3 cm³/mol. The number of nitrogens with one attached hydrogen (secondary N) is 2. The molecule has 0 fully saturated rings. The van der Waals surface area contributed by atoms with E-state index < -0.39 is 11.9 Å². The summed E-state index contributed by atoms with van der Waals surface area (Å²) in [7, 11) is 0. The van der Waals surface area contributed by atoms with E-state index in [-0.39, 0.29) is 11.8 Å². The minimum atomic E-state index is -4.58. The number of hydrogen-bond donors (Lipinski definition) is 3. The fourth-order valence-corrected chi connectivity index (χ4v) is 2.03. The normalized spacial score (nSPS) is 11.3. The van der Waals surface area contributed by atoms with Gasteiger partial charge in [0.15, 0.2) is 5.69 Å². The second kappa shape index (κ2) is 6.19. The fourth-order valence-electron chi connectivity index (χ4n) is 1.57. The average molecular weight is 315 g/mol. The van der Waals surface area contributed by atoms with Gasteiger partial charge in [0.1, 0.15) is 5.82 Å². The second-order valence-electron chi connectivity index (χ2n) is 3.96. The number of aromatic nitrogens is 2. The maximum atomic E-state index is 12.8. The molecule has 9 heteroatoms. The molecule has 112 valence electrons. The highest BCUT2D eigenvalue weighted by Crippen LogP contribution is 2.30. The van der Waals surface area contributed by atoms with Crippen molar-refractivity contribution in [3.8, 4) is 0 Å². The Labute approximate surface area is 123 Å². The molecule has 0 atom stereocenters. The number of benzene rings is 1. The van der Waals surface area contributed by atoms with Crippen LogP contribution in [0.3, 0.4) is 0 Å². The average Bonchev–Trinajstić information content (AvgIpc) is 2.46. The predicted octanol–water partition coefficient (Wildman–Crippen LogP) is 3.25. The smallest absolute Gasteiger partial charge is 0.340 e. The van der Waals surface area contributed by atoms with E-state index in [0.29, 0.717) is 5.69 Å². The van der Waals surface area contributed by atoms with Crippen molar-refractivity contribution in [2.24, 2.45) is 5.84 Å². The zero-order chi connectivity index (χ0) is 15.5. The Morgan fingerprint density at radius 2 is 1.95 bits per heavy atom. The van der Waals surface area contributed by atoms with Gasteiger partial charge >= 0.3 is 6.18 Å². The van der Waals surface area contributed by atoms with Gasteiger partial charge in [-0.1, -0.05) is 6.07 Å². The molecule has 0 unspecified atom stereocenters. The van der Waals surface area contributed by atoms with Gasteiger partial charge in [0.2, 0.25) is 5.95 Å². The van der Waals surface area contributed by atoms with Crippen LogP contribution in [0.4, 0.5) is 30.6 Å². The molecular weight excluding hydrogens is 303 g/mol. The summed E-state index contributed by atoms with van der Waals surface area (Å²) in [5.41, 5.74) is 1.57. The third-order valence-electron chi connectivity index (χ3n) is 2.49. The van der Waals surface area contributed by atoms with Crippen LogP contribution in [0.15, 0.2) is 35.2 Å². The van der Waals surface area contributed by atoms with Crippen molar-refractivity contribution < 1.29 is 13.2 Å². The van der Waals surface area contributed by atoms with E-state index in [1.165, 1.54) is 11.8 Å². The molecule has 0 saturated carbocycles. The van der Waals surface area contributed by atoms with E-state index in [2.05, 4.69) is 15.3 Å². The number of halogens is 3. The van der Waals surface area contributed by atoms with Gasteiger partial charge < -0.3 is 5.32 Å². The second-order valence-corrected chi connectivity index (χ2v) is 4.84. The van der Waals surface area contributed by atoms with Crippen LogP contribution in [0.5, 0.6) is 0 Å². The van der Waals surface area contributed by atoms with E-state index in [1.807, 2.05) is 17.7 Å². The van der Waals surface area contributed by atoms with Gasteiger partial charge in [0, 0.05) is 16.6 Å². The highest BCUT2D eigenvalue weighted by atomic mass is 32.2. The van der Waals surface area contributed by atoms with Crippen LogP contribution < -0.4 is 16.6 Å². The molecule has 0 saturated heterocycles. The third kappa shape index (κ3) is 3.99. The molecule has 2 aromatic rings. The lowest BCUT2D eigenvalue weighted by molar-refractivity contribution is -0.141. The minimum Gasteiger partial charge on any atom is -0.340 e. The van der Waals surface area contributed by atoms with E-state index in [9.17, 15) is 13.2 Å². The Kier molecular flexibility index (Phi) is 4.53. The first-order chi connectivity index (χ1) is 9.92. The van der Waals surface area contributed by atoms with Gasteiger partial charge in [0.05, 0.1) is 0 Å². The summed E-state index contributed by atoms with van der Waals surface area (Å²) < 4.78 is 38.3. The molecule has 4 N–H and O–H groups in total. The molecule has 1 heterocycles. The number of nitrogens with zero attached hydrogens (tertiary/aromatic N) is 2. The number of alkyl halides is 3. The Balaban J connectivity index is 2.34. The molecule has 2 rings (SSSR count). The highest BCUT2D eigenvalue weighted by molar-refractivity contribution is 7.98. The van der Waals surface area contributed by atoms with Crippen LogP contribution in [-0.4, -0.2) is 16.2 Å². The molecule has 5 nitrogen and oxygen atoms in total. The van der Waals surface area contributed by atoms with E-state index in [1.54, 1.807) is 18.2 Å². The molecule has 21 heavy (non-hydrogen) atoms. The maximum absolute atomic E-state index is 12.8. The number of nitrogens with two attached hydrogens (primary N) is 1. The van der Waals surface area contributed by atoms with Crippen LogP contribution in [0.1, 0.15) is 5.69 Å². The van der Waals surface area contributed by atoms with Crippen molar-refractivity contribution in [1.82, 2.24) is 9.97 Å². The van der Waals surface area contributed by atoms with Gasteiger partial charge in [-0.25, -0.2) is 10.8 Å². The molecule has 0 aliphatic rings. The van der Waals surface area contributed by atoms with Gasteiger partial charge in [0.25, 0.3) is 0 Å². The summed E-state index contributed by atoms with van der Waals surface area (Å²) in [6, 6.07) is 8.04. The zero-order valence-corrected chi connectivity index (χ0v) is 11.7. The fraction of sp³-hybridized carbons (Fsp3) is 0.167. The standard InChI is InChI=1S/C12H12F3N5S/c1-21-8-4-2-3-7(5-8)17-10-6-9(12(13,14)15)18-11(19-10)20-16/h2-6H,16H2,1H3,(H2,17,18,19,20). The Bertz CT molecular complexity index is 633. The lowest BCUT2D eigenvalue weighted by Gasteiger charge is -2.11. The number of hydrazine groups is 1. The van der Waals surface area contributed by atoms with Crippen molar-refractivity contribution >= 4 is 29.2 Å². The zero-order valence-electron chi connectivity index (χ0n) is 10.9. The monoisotopic (exact) mass is 315 g/mol. The molecule has 0 radical (unpaired) electrons. The summed E-state index contributed by atoms with van der Waals surface area (Å²) in [4.78, 5) is 8.11. The van der Waals surface area contributed by atoms with E-state index in [4.69, 9.17) is 5.84 Å². The number of rotatable bonds is 4. The van der Waals surface area contributed by atoms with Gasteiger partial charge in [-0.3, -0.25) is 5.43 Å². The lowest BCUT2D eigenvalue weighted by atomic mass is 10.3. The summed E-state index contributed by atoms with van der Waals surface area (Å²) in [6.45, 7) is 0. The van der Waals surface area contributed by atoms with Gasteiger partial charge in [-0.05, 0) is 24.5 Å². The van der Waals surface area contributed by atoms with Crippen molar-refractivity contribution in [3.63, 3.8) is 0 Å². The van der Waals surface area contributed by atoms with Crippen LogP contribution in [-0.2, 0) is 6.18 Å². The number of nitrogen functional groups attached to an aromatic ring is 1. The molecule has 0 bridgehead atoms. The molecule has 1 aromatic carbocycles. The van der Waals surface area contributed by atoms with E-state index >= 15 is 0 Å². The lowest BCUT2D eigenvalue weighted by Crippen LogP contribution is -2.16. The van der Waals surface area contributed by atoms with Crippen LogP contribution >= 0.6 is 11.8 Å². The SMILES string of the molecule is CSc1cccc(Nc2cc(C(F)(F)F)nc(NN)n2)c1. The van der Waals surface area contributed by atoms with Gasteiger partial charge in [-0.15, -0.1) is 11.8 Å². The largest absolute Gasteiger partial charge is 0.433 e. The topological polar surface area (TPSA) is 75.9 Å². The summed E-state index contributed by atoms with van der Waals surface area (Å²) in [5.74, 6) is 4.79. The van der Waals surface area contributed by atoms with Gasteiger partial charge in [-0.2, -0.15) is 18.2 Å². The number of hydrogen-bond acceptors (Lipinski definition) is 6. The molecule has 0 aliphatic carbocycles. The number of thioether (sulfide) groups is 1. The minimum absolute atomic E-state index is 0.00327.